The van der Waals surface area contributed by atoms with E-state index in [1.54, 1.807) is 0 Å². The number of nitrogens with one attached hydrogen (secondary N) is 1. The van der Waals surface area contributed by atoms with Gasteiger partial charge in [0.2, 0.25) is 11.8 Å². The normalized spacial score (nSPS) is 21.5. The summed E-state index contributed by atoms with van der Waals surface area (Å²) in [5.74, 6) is 0.294. The molecule has 2 heterocycles. The Labute approximate surface area is 168 Å². The summed E-state index contributed by atoms with van der Waals surface area (Å²) in [4.78, 5) is 31.5. The van der Waals surface area contributed by atoms with E-state index in [9.17, 15) is 9.59 Å². The number of benzene rings is 1. The lowest BCUT2D eigenvalue weighted by Gasteiger charge is -2.37. The first kappa shape index (κ1) is 20.8. The van der Waals surface area contributed by atoms with Crippen molar-refractivity contribution in [3.05, 3.63) is 29.8 Å². The van der Waals surface area contributed by atoms with Crippen molar-refractivity contribution in [2.24, 2.45) is 0 Å². The minimum atomic E-state index is 0.0348. The highest BCUT2D eigenvalue weighted by Crippen LogP contribution is 2.17. The van der Waals surface area contributed by atoms with Gasteiger partial charge >= 0.3 is 0 Å². The van der Waals surface area contributed by atoms with Crippen LogP contribution in [0.25, 0.3) is 0 Å². The van der Waals surface area contributed by atoms with Gasteiger partial charge in [-0.2, -0.15) is 0 Å². The number of para-hydroxylation sites is 1. The third-order valence-corrected chi connectivity index (χ3v) is 5.99. The summed E-state index contributed by atoms with van der Waals surface area (Å²) in [6.45, 7) is 9.40. The average Bonchev–Trinajstić information content (AvgIpc) is 2.70. The summed E-state index contributed by atoms with van der Waals surface area (Å²) in [7, 11) is 0. The van der Waals surface area contributed by atoms with Crippen molar-refractivity contribution in [2.75, 3.05) is 51.1 Å². The highest BCUT2D eigenvalue weighted by molar-refractivity contribution is 5.93. The van der Waals surface area contributed by atoms with E-state index in [4.69, 9.17) is 0 Å². The first-order valence-electron chi connectivity index (χ1n) is 10.7. The van der Waals surface area contributed by atoms with Crippen LogP contribution in [-0.2, 0) is 16.0 Å². The molecule has 2 aliphatic heterocycles. The van der Waals surface area contributed by atoms with Crippen LogP contribution in [0.2, 0.25) is 0 Å². The zero-order chi connectivity index (χ0) is 19.9. The van der Waals surface area contributed by atoms with Crippen LogP contribution in [0, 0.1) is 0 Å². The van der Waals surface area contributed by atoms with Crippen LogP contribution in [0.4, 0.5) is 5.69 Å². The maximum absolute atomic E-state index is 12.6. The molecule has 0 bridgehead atoms. The number of nitrogens with zero attached hydrogens (tertiary/aromatic N) is 3. The predicted octanol–water partition coefficient (Wildman–Crippen LogP) is 2.21. The number of aryl methyl sites for hydroxylation is 1. The molecule has 1 N–H and O–H groups in total. The molecular weight excluding hydrogens is 352 g/mol. The summed E-state index contributed by atoms with van der Waals surface area (Å²) in [5.41, 5.74) is 2.07. The van der Waals surface area contributed by atoms with Gasteiger partial charge in [0.05, 0.1) is 13.1 Å². The molecule has 6 heteroatoms. The molecule has 0 radical (unpaired) electrons. The zero-order valence-electron chi connectivity index (χ0n) is 17.3. The van der Waals surface area contributed by atoms with Crippen LogP contribution < -0.4 is 5.32 Å². The molecule has 0 unspecified atom stereocenters. The van der Waals surface area contributed by atoms with Crippen molar-refractivity contribution in [3.8, 4) is 0 Å². The molecule has 1 aromatic rings. The highest BCUT2D eigenvalue weighted by atomic mass is 16.2. The highest BCUT2D eigenvalue weighted by Gasteiger charge is 2.26. The third-order valence-electron chi connectivity index (χ3n) is 5.99. The molecule has 154 valence electrons. The number of rotatable bonds is 6. The SMILES string of the molecule is CCc1ccccc1NC(=O)CN1CCN(CC(=O)N2CCCC[C@H]2C)CC1. The fraction of sp³-hybridized carbons (Fsp3) is 0.636. The number of likely N-dealkylation sites (tertiary alicyclic amines) is 1. The summed E-state index contributed by atoms with van der Waals surface area (Å²) in [5, 5.41) is 3.05. The number of amides is 2. The van der Waals surface area contributed by atoms with Crippen LogP contribution >= 0.6 is 0 Å². The third kappa shape index (κ3) is 5.55. The fourth-order valence-electron chi connectivity index (χ4n) is 4.20. The smallest absolute Gasteiger partial charge is 0.238 e. The molecule has 2 aliphatic rings. The fourth-order valence-corrected chi connectivity index (χ4v) is 4.20. The van der Waals surface area contributed by atoms with Crippen molar-refractivity contribution < 1.29 is 9.59 Å². The van der Waals surface area contributed by atoms with E-state index in [0.29, 0.717) is 19.1 Å². The number of piperazine rings is 1. The molecular formula is C22H34N4O2. The van der Waals surface area contributed by atoms with Crippen molar-refractivity contribution in [1.29, 1.82) is 0 Å². The van der Waals surface area contributed by atoms with Gasteiger partial charge in [-0.25, -0.2) is 0 Å². The molecule has 2 saturated heterocycles. The van der Waals surface area contributed by atoms with Gasteiger partial charge in [-0.3, -0.25) is 19.4 Å². The molecule has 1 atom stereocenters. The van der Waals surface area contributed by atoms with E-state index < -0.39 is 0 Å². The summed E-state index contributed by atoms with van der Waals surface area (Å²) in [6, 6.07) is 8.33. The largest absolute Gasteiger partial charge is 0.339 e. The van der Waals surface area contributed by atoms with Crippen molar-refractivity contribution in [1.82, 2.24) is 14.7 Å². The predicted molar refractivity (Wildman–Crippen MR) is 112 cm³/mol. The maximum Gasteiger partial charge on any atom is 0.238 e. The number of carbonyl (C=O) groups is 2. The van der Waals surface area contributed by atoms with Crippen LogP contribution in [0.5, 0.6) is 0 Å². The first-order valence-corrected chi connectivity index (χ1v) is 10.7. The van der Waals surface area contributed by atoms with Gasteiger partial charge in [0.15, 0.2) is 0 Å². The molecule has 3 rings (SSSR count). The second-order valence-electron chi connectivity index (χ2n) is 8.04. The minimum Gasteiger partial charge on any atom is -0.339 e. The Morgan fingerprint density at radius 3 is 2.36 bits per heavy atom. The van der Waals surface area contributed by atoms with Gasteiger partial charge in [0, 0.05) is 44.5 Å². The second kappa shape index (κ2) is 10.0. The van der Waals surface area contributed by atoms with E-state index in [0.717, 1.165) is 63.2 Å². The molecule has 0 aliphatic carbocycles. The van der Waals surface area contributed by atoms with Gasteiger partial charge in [0.1, 0.15) is 0 Å². The molecule has 0 saturated carbocycles. The Bertz CT molecular complexity index is 670. The van der Waals surface area contributed by atoms with E-state index in [1.165, 1.54) is 6.42 Å². The number of hydrogen-bond donors (Lipinski definition) is 1. The molecule has 1 aromatic carbocycles. The topological polar surface area (TPSA) is 55.9 Å². The number of carbonyl (C=O) groups excluding carboxylic acids is 2. The Kier molecular flexibility index (Phi) is 7.45. The first-order chi connectivity index (χ1) is 13.6. The molecule has 2 amide bonds. The summed E-state index contributed by atoms with van der Waals surface area (Å²) < 4.78 is 0. The maximum atomic E-state index is 12.6. The number of piperidine rings is 1. The Hall–Kier alpha value is -1.92. The lowest BCUT2D eigenvalue weighted by atomic mass is 10.0. The van der Waals surface area contributed by atoms with Crippen molar-refractivity contribution in [2.45, 2.75) is 45.6 Å². The van der Waals surface area contributed by atoms with Gasteiger partial charge in [0.25, 0.3) is 0 Å². The van der Waals surface area contributed by atoms with Crippen LogP contribution in [0.1, 0.15) is 38.7 Å². The lowest BCUT2D eigenvalue weighted by molar-refractivity contribution is -0.136. The van der Waals surface area contributed by atoms with E-state index >= 15 is 0 Å². The monoisotopic (exact) mass is 386 g/mol. The number of hydrogen-bond acceptors (Lipinski definition) is 4. The molecule has 0 spiro atoms. The molecule has 28 heavy (non-hydrogen) atoms. The van der Waals surface area contributed by atoms with Crippen molar-refractivity contribution >= 4 is 17.5 Å². The van der Waals surface area contributed by atoms with E-state index in [1.807, 2.05) is 18.2 Å². The van der Waals surface area contributed by atoms with Crippen LogP contribution in [-0.4, -0.2) is 78.4 Å². The average molecular weight is 387 g/mol. The van der Waals surface area contributed by atoms with Gasteiger partial charge < -0.3 is 10.2 Å². The molecule has 6 nitrogen and oxygen atoms in total. The van der Waals surface area contributed by atoms with Crippen LogP contribution in [0.15, 0.2) is 24.3 Å². The Balaban J connectivity index is 1.41. The van der Waals surface area contributed by atoms with Gasteiger partial charge in [-0.15, -0.1) is 0 Å². The van der Waals surface area contributed by atoms with E-state index in [-0.39, 0.29) is 11.8 Å². The number of anilines is 1. The van der Waals surface area contributed by atoms with E-state index in [2.05, 4.69) is 39.9 Å². The van der Waals surface area contributed by atoms with Crippen molar-refractivity contribution in [3.63, 3.8) is 0 Å². The summed E-state index contributed by atoms with van der Waals surface area (Å²) in [6.07, 6.45) is 4.38. The molecule has 2 fully saturated rings. The zero-order valence-corrected chi connectivity index (χ0v) is 17.3. The summed E-state index contributed by atoms with van der Waals surface area (Å²) >= 11 is 0. The Morgan fingerprint density at radius 2 is 1.68 bits per heavy atom. The minimum absolute atomic E-state index is 0.0348. The van der Waals surface area contributed by atoms with Crippen LogP contribution in [0.3, 0.4) is 0 Å². The van der Waals surface area contributed by atoms with Gasteiger partial charge in [-0.05, 0) is 44.2 Å². The second-order valence-corrected chi connectivity index (χ2v) is 8.04. The standard InChI is InChI=1S/C22H34N4O2/c1-3-19-9-4-5-10-20(19)23-21(27)16-24-12-14-25(15-13-24)17-22(28)26-11-7-6-8-18(26)2/h4-5,9-10,18H,3,6-8,11-17H2,1-2H3,(H,23,27)/t18-/m1/s1. The Morgan fingerprint density at radius 1 is 1.00 bits per heavy atom. The molecule has 0 aromatic heterocycles. The quantitative estimate of drug-likeness (QED) is 0.814. The van der Waals surface area contributed by atoms with Gasteiger partial charge in [-0.1, -0.05) is 25.1 Å². The lowest BCUT2D eigenvalue weighted by Crippen LogP contribution is -2.53.